The molecule has 1 aliphatic heterocycles. The third-order valence-electron chi connectivity index (χ3n) is 5.08. The van der Waals surface area contributed by atoms with Crippen LogP contribution in [0.25, 0.3) is 0 Å². The highest BCUT2D eigenvalue weighted by atomic mass is 35.5. The van der Waals surface area contributed by atoms with Crippen molar-refractivity contribution in [2.24, 2.45) is 28.8 Å². The molecule has 0 aromatic heterocycles. The highest BCUT2D eigenvalue weighted by Crippen LogP contribution is 2.52. The Balaban J connectivity index is 1.57. The summed E-state index contributed by atoms with van der Waals surface area (Å²) in [6, 6.07) is 3.28. The molecule has 1 saturated heterocycles. The maximum Gasteiger partial charge on any atom is 0.254 e. The van der Waals surface area contributed by atoms with Crippen molar-refractivity contribution in [1.29, 1.82) is 0 Å². The van der Waals surface area contributed by atoms with Crippen LogP contribution < -0.4 is 4.74 Å². The Morgan fingerprint density at radius 2 is 1.72 bits per heavy atom. The lowest BCUT2D eigenvalue weighted by molar-refractivity contribution is -0.140. The standard InChI is InChI=1S/C18H16Cl2N2O3/c1-2-25-16-12(19)5-9(6-13(16)20)8-21-22-17(23)14-10-3-4-11(7-10)15(14)18(22)24/h3-6,8,10-11,14-15H,2,7H2,1H3/t10-,11-,14-,15+/m0/s1. The number of benzene rings is 1. The van der Waals surface area contributed by atoms with Gasteiger partial charge in [-0.25, -0.2) is 0 Å². The van der Waals surface area contributed by atoms with Gasteiger partial charge in [0.2, 0.25) is 0 Å². The van der Waals surface area contributed by atoms with E-state index in [0.717, 1.165) is 11.4 Å². The van der Waals surface area contributed by atoms with E-state index in [0.29, 0.717) is 28.0 Å². The molecule has 2 aliphatic carbocycles. The molecule has 2 fully saturated rings. The summed E-state index contributed by atoms with van der Waals surface area (Å²) in [7, 11) is 0. The number of hydrogen-bond acceptors (Lipinski definition) is 4. The van der Waals surface area contributed by atoms with Crippen LogP contribution in [0.3, 0.4) is 0 Å². The minimum Gasteiger partial charge on any atom is -0.491 e. The molecule has 1 aromatic carbocycles. The molecule has 1 aromatic rings. The van der Waals surface area contributed by atoms with Gasteiger partial charge in [0.05, 0.1) is 34.7 Å². The Hall–Kier alpha value is -1.85. The molecule has 130 valence electrons. The van der Waals surface area contributed by atoms with Crippen LogP contribution in [-0.4, -0.2) is 29.6 Å². The molecular formula is C18H16Cl2N2O3. The second kappa shape index (κ2) is 6.15. The quantitative estimate of drug-likeness (QED) is 0.457. The summed E-state index contributed by atoms with van der Waals surface area (Å²) in [4.78, 5) is 25.1. The Kier molecular flexibility index (Phi) is 4.08. The minimum absolute atomic E-state index is 0.168. The number of ether oxygens (including phenoxy) is 1. The van der Waals surface area contributed by atoms with Crippen LogP contribution in [0.5, 0.6) is 5.75 Å². The van der Waals surface area contributed by atoms with Gasteiger partial charge >= 0.3 is 0 Å². The number of imide groups is 1. The summed E-state index contributed by atoms with van der Waals surface area (Å²) in [5.41, 5.74) is 0.595. The number of carbonyl (C=O) groups excluding carboxylic acids is 2. The minimum atomic E-state index is -0.257. The van der Waals surface area contributed by atoms with Crippen molar-refractivity contribution in [3.8, 4) is 5.75 Å². The molecule has 0 spiro atoms. The molecule has 3 aliphatic rings. The molecule has 4 atom stereocenters. The van der Waals surface area contributed by atoms with Crippen molar-refractivity contribution in [3.05, 3.63) is 39.9 Å². The van der Waals surface area contributed by atoms with E-state index in [1.165, 1.54) is 6.21 Å². The molecule has 2 bridgehead atoms. The van der Waals surface area contributed by atoms with Crippen LogP contribution in [0.1, 0.15) is 18.9 Å². The lowest BCUT2D eigenvalue weighted by atomic mass is 9.85. The third kappa shape index (κ3) is 2.57. The van der Waals surface area contributed by atoms with Gasteiger partial charge in [-0.05, 0) is 42.9 Å². The fourth-order valence-corrected chi connectivity index (χ4v) is 4.67. The lowest BCUT2D eigenvalue weighted by Gasteiger charge is -2.13. The van der Waals surface area contributed by atoms with Crippen molar-refractivity contribution in [1.82, 2.24) is 5.01 Å². The number of hydrazone groups is 1. The molecule has 0 unspecified atom stereocenters. The Labute approximate surface area is 155 Å². The number of nitrogens with zero attached hydrogens (tertiary/aromatic N) is 2. The predicted octanol–water partition coefficient (Wildman–Crippen LogP) is 3.53. The number of hydrogen-bond donors (Lipinski definition) is 0. The predicted molar refractivity (Wildman–Crippen MR) is 94.8 cm³/mol. The maximum atomic E-state index is 12.6. The van der Waals surface area contributed by atoms with Crippen LogP contribution >= 0.6 is 23.2 Å². The number of amides is 2. The zero-order chi connectivity index (χ0) is 17.7. The van der Waals surface area contributed by atoms with Crippen LogP contribution in [0.15, 0.2) is 29.4 Å². The number of rotatable bonds is 4. The second-order valence-electron chi connectivity index (χ2n) is 6.48. The number of allylic oxidation sites excluding steroid dienone is 2. The van der Waals surface area contributed by atoms with Gasteiger partial charge in [-0.15, -0.1) is 0 Å². The average Bonchev–Trinajstić information content (AvgIpc) is 3.24. The third-order valence-corrected chi connectivity index (χ3v) is 5.64. The van der Waals surface area contributed by atoms with Crippen LogP contribution in [0.2, 0.25) is 10.0 Å². The molecular weight excluding hydrogens is 363 g/mol. The summed E-state index contributed by atoms with van der Waals surface area (Å²) in [6.45, 7) is 2.29. The zero-order valence-electron chi connectivity index (χ0n) is 13.5. The summed E-state index contributed by atoms with van der Waals surface area (Å²) in [5.74, 6) is -0.202. The van der Waals surface area contributed by atoms with Gasteiger partial charge < -0.3 is 4.74 Å². The zero-order valence-corrected chi connectivity index (χ0v) is 15.0. The molecule has 5 nitrogen and oxygen atoms in total. The first-order chi connectivity index (χ1) is 12.0. The van der Waals surface area contributed by atoms with Gasteiger partial charge in [0.1, 0.15) is 0 Å². The Morgan fingerprint density at radius 3 is 2.24 bits per heavy atom. The molecule has 2 amide bonds. The first kappa shape index (κ1) is 16.6. The van der Waals surface area contributed by atoms with E-state index in [4.69, 9.17) is 27.9 Å². The monoisotopic (exact) mass is 378 g/mol. The van der Waals surface area contributed by atoms with Crippen molar-refractivity contribution < 1.29 is 14.3 Å². The molecule has 1 heterocycles. The fraction of sp³-hybridized carbons (Fsp3) is 0.389. The largest absolute Gasteiger partial charge is 0.491 e. The molecule has 25 heavy (non-hydrogen) atoms. The summed E-state index contributed by atoms with van der Waals surface area (Å²) in [6.07, 6.45) is 6.43. The van der Waals surface area contributed by atoms with E-state index in [1.54, 1.807) is 12.1 Å². The van der Waals surface area contributed by atoms with Crippen LogP contribution in [-0.2, 0) is 9.59 Å². The Bertz CT molecular complexity index is 768. The summed E-state index contributed by atoms with van der Waals surface area (Å²) < 4.78 is 5.38. The summed E-state index contributed by atoms with van der Waals surface area (Å²) in [5, 5.41) is 5.83. The molecule has 1 saturated carbocycles. The first-order valence-electron chi connectivity index (χ1n) is 8.23. The molecule has 4 rings (SSSR count). The highest BCUT2D eigenvalue weighted by Gasteiger charge is 2.59. The van der Waals surface area contributed by atoms with Crippen LogP contribution in [0.4, 0.5) is 0 Å². The average molecular weight is 379 g/mol. The first-order valence-corrected chi connectivity index (χ1v) is 8.98. The fourth-order valence-electron chi connectivity index (χ4n) is 4.06. The molecule has 0 N–H and O–H groups in total. The van der Waals surface area contributed by atoms with Gasteiger partial charge in [0.25, 0.3) is 11.8 Å². The SMILES string of the molecule is CCOc1c(Cl)cc(C=NN2C(=O)[C@@H]3[C@H](C2=O)[C@H]2C=C[C@H]3C2)cc1Cl. The van der Waals surface area contributed by atoms with Gasteiger partial charge in [0.15, 0.2) is 5.75 Å². The molecule has 0 radical (unpaired) electrons. The van der Waals surface area contributed by atoms with Gasteiger partial charge in [-0.2, -0.15) is 10.1 Å². The lowest BCUT2D eigenvalue weighted by Crippen LogP contribution is -2.28. The summed E-state index contributed by atoms with van der Waals surface area (Å²) >= 11 is 12.3. The van der Waals surface area contributed by atoms with Crippen LogP contribution in [0, 0.1) is 23.7 Å². The molecule has 7 heteroatoms. The van der Waals surface area contributed by atoms with Gasteiger partial charge in [-0.3, -0.25) is 9.59 Å². The van der Waals surface area contributed by atoms with Crippen molar-refractivity contribution >= 4 is 41.2 Å². The van der Waals surface area contributed by atoms with Gasteiger partial charge in [-0.1, -0.05) is 35.4 Å². The van der Waals surface area contributed by atoms with E-state index in [-0.39, 0.29) is 35.5 Å². The topological polar surface area (TPSA) is 59.0 Å². The van der Waals surface area contributed by atoms with E-state index in [1.807, 2.05) is 6.92 Å². The van der Waals surface area contributed by atoms with E-state index >= 15 is 0 Å². The number of fused-ring (bicyclic) bond motifs is 5. The van der Waals surface area contributed by atoms with Gasteiger partial charge in [0, 0.05) is 0 Å². The second-order valence-corrected chi connectivity index (χ2v) is 7.29. The van der Waals surface area contributed by atoms with Crippen molar-refractivity contribution in [2.75, 3.05) is 6.61 Å². The highest BCUT2D eigenvalue weighted by molar-refractivity contribution is 6.37. The smallest absolute Gasteiger partial charge is 0.254 e. The van der Waals surface area contributed by atoms with E-state index in [9.17, 15) is 9.59 Å². The van der Waals surface area contributed by atoms with Crippen molar-refractivity contribution in [3.63, 3.8) is 0 Å². The number of halogens is 2. The Morgan fingerprint density at radius 1 is 1.16 bits per heavy atom. The maximum absolute atomic E-state index is 12.6. The van der Waals surface area contributed by atoms with Crippen molar-refractivity contribution in [2.45, 2.75) is 13.3 Å². The number of carbonyl (C=O) groups is 2. The van der Waals surface area contributed by atoms with E-state index in [2.05, 4.69) is 17.3 Å². The normalized spacial score (nSPS) is 30.0. The van der Waals surface area contributed by atoms with E-state index < -0.39 is 0 Å².